The molecular weight excluding hydrogens is 413 g/mol. The lowest BCUT2D eigenvalue weighted by molar-refractivity contribution is -0.386. The van der Waals surface area contributed by atoms with Crippen LogP contribution in [0.1, 0.15) is 38.3 Å². The maximum absolute atomic E-state index is 13.5. The Morgan fingerprint density at radius 1 is 1.19 bits per heavy atom. The number of rotatable bonds is 8. The van der Waals surface area contributed by atoms with E-state index in [1.807, 2.05) is 0 Å². The summed E-state index contributed by atoms with van der Waals surface area (Å²) in [6.45, 7) is 3.13. The smallest absolute Gasteiger partial charge is 0.316 e. The second kappa shape index (κ2) is 9.11. The molecule has 31 heavy (non-hydrogen) atoms. The molecule has 0 aliphatic heterocycles. The fraction of sp³-hybridized carbons (Fsp3) is 0.278. The van der Waals surface area contributed by atoms with Crippen molar-refractivity contribution in [2.45, 2.75) is 20.4 Å². The largest absolute Gasteiger partial charge is 0.350 e. The van der Waals surface area contributed by atoms with E-state index in [4.69, 9.17) is 4.52 Å². The molecule has 2 N–H and O–H groups in total. The molecule has 0 unspecified atom stereocenters. The normalized spacial score (nSPS) is 10.7. The molecular formula is C18H18FN7O5. The van der Waals surface area contributed by atoms with E-state index < -0.39 is 22.6 Å². The van der Waals surface area contributed by atoms with Crippen LogP contribution >= 0.6 is 0 Å². The number of nitrogens with one attached hydrogen (secondary N) is 2. The van der Waals surface area contributed by atoms with Crippen LogP contribution in [0.25, 0.3) is 0 Å². The van der Waals surface area contributed by atoms with Gasteiger partial charge >= 0.3 is 17.5 Å². The summed E-state index contributed by atoms with van der Waals surface area (Å²) in [4.78, 5) is 38.5. The first kappa shape index (κ1) is 21.5. The van der Waals surface area contributed by atoms with Crippen molar-refractivity contribution in [3.63, 3.8) is 0 Å². The van der Waals surface area contributed by atoms with Crippen LogP contribution < -0.4 is 10.6 Å². The summed E-state index contributed by atoms with van der Waals surface area (Å²) in [6.07, 6.45) is 0. The van der Waals surface area contributed by atoms with Crippen LogP contribution in [0, 0.1) is 29.8 Å². The summed E-state index contributed by atoms with van der Waals surface area (Å²) in [6, 6.07) is 5.53. The molecule has 3 rings (SSSR count). The van der Waals surface area contributed by atoms with Gasteiger partial charge in [0.05, 0.1) is 10.5 Å². The summed E-state index contributed by atoms with van der Waals surface area (Å²) in [7, 11) is 0. The van der Waals surface area contributed by atoms with Crippen molar-refractivity contribution in [2.75, 3.05) is 13.1 Å². The van der Waals surface area contributed by atoms with Crippen LogP contribution in [0.3, 0.4) is 0 Å². The summed E-state index contributed by atoms with van der Waals surface area (Å²) in [5, 5.41) is 23.8. The van der Waals surface area contributed by atoms with Crippen LogP contribution in [0.4, 0.5) is 10.1 Å². The van der Waals surface area contributed by atoms with Crippen molar-refractivity contribution >= 4 is 17.5 Å². The molecule has 3 aromatic rings. The Hall–Kier alpha value is -4.16. The van der Waals surface area contributed by atoms with Gasteiger partial charge in [-0.1, -0.05) is 17.3 Å². The lowest BCUT2D eigenvalue weighted by atomic mass is 10.2. The van der Waals surface area contributed by atoms with Gasteiger partial charge in [-0.3, -0.25) is 24.4 Å². The lowest BCUT2D eigenvalue weighted by Crippen LogP contribution is -2.35. The maximum atomic E-state index is 13.5. The zero-order valence-corrected chi connectivity index (χ0v) is 16.6. The molecule has 0 saturated heterocycles. The third-order valence-corrected chi connectivity index (χ3v) is 4.29. The zero-order valence-electron chi connectivity index (χ0n) is 16.6. The van der Waals surface area contributed by atoms with E-state index in [1.54, 1.807) is 6.92 Å². The van der Waals surface area contributed by atoms with Crippen LogP contribution in [0.15, 0.2) is 28.8 Å². The van der Waals surface area contributed by atoms with E-state index in [-0.39, 0.29) is 48.3 Å². The third kappa shape index (κ3) is 4.88. The molecule has 0 radical (unpaired) electrons. The van der Waals surface area contributed by atoms with Gasteiger partial charge in [-0.05, 0) is 26.0 Å². The van der Waals surface area contributed by atoms with Crippen molar-refractivity contribution in [1.29, 1.82) is 0 Å². The number of nitrogens with zero attached hydrogens (tertiary/aromatic N) is 5. The second-order valence-electron chi connectivity index (χ2n) is 6.44. The van der Waals surface area contributed by atoms with Gasteiger partial charge in [0.15, 0.2) is 5.82 Å². The van der Waals surface area contributed by atoms with Crippen molar-refractivity contribution < 1.29 is 23.4 Å². The number of hydrogen-bond acceptors (Lipinski definition) is 8. The van der Waals surface area contributed by atoms with Gasteiger partial charge in [-0.2, -0.15) is 10.1 Å². The first-order valence-corrected chi connectivity index (χ1v) is 9.09. The number of aromatic nitrogens is 4. The Labute approximate surface area is 174 Å². The summed E-state index contributed by atoms with van der Waals surface area (Å²) in [5.41, 5.74) is 0.379. The van der Waals surface area contributed by atoms with E-state index in [9.17, 15) is 24.1 Å². The zero-order chi connectivity index (χ0) is 22.5. The minimum atomic E-state index is -0.668. The Morgan fingerprint density at radius 3 is 2.52 bits per heavy atom. The van der Waals surface area contributed by atoms with Crippen LogP contribution in [-0.2, 0) is 6.54 Å². The van der Waals surface area contributed by atoms with Gasteiger partial charge in [-0.15, -0.1) is 0 Å². The number of hydrogen-bond donors (Lipinski definition) is 2. The molecule has 1 aromatic carbocycles. The second-order valence-corrected chi connectivity index (χ2v) is 6.44. The molecule has 2 aromatic heterocycles. The van der Waals surface area contributed by atoms with Gasteiger partial charge in [0.25, 0.3) is 5.91 Å². The van der Waals surface area contributed by atoms with E-state index in [2.05, 4.69) is 25.9 Å². The minimum absolute atomic E-state index is 0.0179. The monoisotopic (exact) mass is 431 g/mol. The molecule has 0 fully saturated rings. The SMILES string of the molecule is Cc1nn(Cc2noc(C(=O)NCCNC(=O)c3ccccc3F)n2)c(C)c1[N+](=O)[O-]. The topological polar surface area (TPSA) is 158 Å². The molecule has 0 spiro atoms. The fourth-order valence-electron chi connectivity index (χ4n) is 2.82. The van der Waals surface area contributed by atoms with E-state index in [0.29, 0.717) is 5.69 Å². The molecule has 0 atom stereocenters. The highest BCUT2D eigenvalue weighted by Crippen LogP contribution is 2.22. The number of amides is 2. The Morgan fingerprint density at radius 2 is 1.87 bits per heavy atom. The molecule has 0 bridgehead atoms. The molecule has 2 amide bonds. The Balaban J connectivity index is 1.52. The molecule has 0 aliphatic rings. The van der Waals surface area contributed by atoms with Gasteiger partial charge in [0.2, 0.25) is 0 Å². The molecule has 2 heterocycles. The van der Waals surface area contributed by atoms with Crippen molar-refractivity contribution in [2.24, 2.45) is 0 Å². The van der Waals surface area contributed by atoms with Crippen molar-refractivity contribution in [3.05, 3.63) is 68.9 Å². The number of halogens is 1. The predicted octanol–water partition coefficient (Wildman–Crippen LogP) is 1.14. The Kier molecular flexibility index (Phi) is 6.33. The molecule has 162 valence electrons. The molecule has 0 aliphatic carbocycles. The van der Waals surface area contributed by atoms with E-state index in [1.165, 1.54) is 35.9 Å². The third-order valence-electron chi connectivity index (χ3n) is 4.29. The fourth-order valence-corrected chi connectivity index (χ4v) is 2.82. The van der Waals surface area contributed by atoms with Gasteiger partial charge in [-0.25, -0.2) is 4.39 Å². The predicted molar refractivity (Wildman–Crippen MR) is 103 cm³/mol. The molecule has 12 nitrogen and oxygen atoms in total. The average Bonchev–Trinajstić information content (AvgIpc) is 3.29. The Bertz CT molecular complexity index is 1140. The highest BCUT2D eigenvalue weighted by Gasteiger charge is 2.23. The van der Waals surface area contributed by atoms with Gasteiger partial charge < -0.3 is 15.2 Å². The first-order chi connectivity index (χ1) is 14.8. The number of benzene rings is 1. The maximum Gasteiger partial charge on any atom is 0.316 e. The van der Waals surface area contributed by atoms with Crippen molar-refractivity contribution in [3.8, 4) is 0 Å². The highest BCUT2D eigenvalue weighted by molar-refractivity contribution is 5.94. The number of nitro groups is 1. The van der Waals surface area contributed by atoms with Gasteiger partial charge in [0, 0.05) is 13.1 Å². The van der Waals surface area contributed by atoms with Crippen molar-refractivity contribution in [1.82, 2.24) is 30.6 Å². The van der Waals surface area contributed by atoms with Crippen LogP contribution in [0.2, 0.25) is 0 Å². The number of aryl methyl sites for hydroxylation is 1. The summed E-state index contributed by atoms with van der Waals surface area (Å²) >= 11 is 0. The van der Waals surface area contributed by atoms with E-state index >= 15 is 0 Å². The summed E-state index contributed by atoms with van der Waals surface area (Å²) < 4.78 is 19.8. The number of carbonyl (C=O) groups is 2. The lowest BCUT2D eigenvalue weighted by Gasteiger charge is -2.06. The van der Waals surface area contributed by atoms with E-state index in [0.717, 1.165) is 0 Å². The van der Waals surface area contributed by atoms with Crippen LogP contribution in [-0.4, -0.2) is 49.7 Å². The summed E-state index contributed by atoms with van der Waals surface area (Å²) in [5.74, 6) is -2.12. The standard InChI is InChI=1S/C18H18FN7O5/c1-10-15(26(29)30)11(2)25(23-10)9-14-22-18(31-24-14)17(28)21-8-7-20-16(27)12-5-3-4-6-13(12)19/h3-6H,7-9H2,1-2H3,(H,20,27)(H,21,28). The minimum Gasteiger partial charge on any atom is -0.350 e. The van der Waals surface area contributed by atoms with Crippen LogP contribution in [0.5, 0.6) is 0 Å². The quantitative estimate of drug-likeness (QED) is 0.305. The molecule has 0 saturated carbocycles. The highest BCUT2D eigenvalue weighted by atomic mass is 19.1. The first-order valence-electron chi connectivity index (χ1n) is 9.09. The van der Waals surface area contributed by atoms with Gasteiger partial charge in [0.1, 0.15) is 23.7 Å². The average molecular weight is 431 g/mol. The number of carbonyl (C=O) groups excluding carboxylic acids is 2. The molecule has 13 heteroatoms.